The Morgan fingerprint density at radius 2 is 2.20 bits per heavy atom. The average molecular weight is 321 g/mol. The first-order valence-corrected chi connectivity index (χ1v) is 7.76. The Morgan fingerprint density at radius 3 is 2.75 bits per heavy atom. The zero-order valence-electron chi connectivity index (χ0n) is 10.4. The van der Waals surface area contributed by atoms with Gasteiger partial charge in [-0.2, -0.15) is 4.31 Å². The van der Waals surface area contributed by atoms with E-state index in [9.17, 15) is 23.6 Å². The van der Waals surface area contributed by atoms with E-state index in [0.29, 0.717) is 19.4 Å². The Morgan fingerprint density at radius 1 is 1.50 bits per heavy atom. The second-order valence-corrected chi connectivity index (χ2v) is 6.73. The fraction of sp³-hybridized carbons (Fsp3) is 0.455. The van der Waals surface area contributed by atoms with Crippen LogP contribution in [0.4, 0.5) is 5.69 Å². The molecule has 20 heavy (non-hydrogen) atoms. The molecule has 1 N–H and O–H groups in total. The predicted molar refractivity (Wildman–Crippen MR) is 72.1 cm³/mol. The van der Waals surface area contributed by atoms with Crippen LogP contribution in [0.2, 0.25) is 5.02 Å². The van der Waals surface area contributed by atoms with Gasteiger partial charge in [-0.3, -0.25) is 10.1 Å². The lowest BCUT2D eigenvalue weighted by Gasteiger charge is -2.22. The number of benzene rings is 1. The molecule has 0 unspecified atom stereocenters. The first-order chi connectivity index (χ1) is 9.37. The van der Waals surface area contributed by atoms with Crippen molar-refractivity contribution in [2.24, 2.45) is 0 Å². The summed E-state index contributed by atoms with van der Waals surface area (Å²) in [6.45, 7) is 0.0463. The van der Waals surface area contributed by atoms with Gasteiger partial charge in [0.05, 0.1) is 16.6 Å². The van der Waals surface area contributed by atoms with Crippen LogP contribution in [-0.4, -0.2) is 41.9 Å². The molecule has 1 saturated heterocycles. The summed E-state index contributed by atoms with van der Waals surface area (Å²) in [4.78, 5) is 9.80. The van der Waals surface area contributed by atoms with Crippen molar-refractivity contribution in [1.29, 1.82) is 0 Å². The Labute approximate surface area is 121 Å². The summed E-state index contributed by atoms with van der Waals surface area (Å²) in [5, 5.41) is 19.6. The normalized spacial score (nSPS) is 20.2. The lowest BCUT2D eigenvalue weighted by atomic mass is 10.2. The third-order valence-electron chi connectivity index (χ3n) is 3.25. The van der Waals surface area contributed by atoms with Gasteiger partial charge >= 0.3 is 0 Å². The van der Waals surface area contributed by atoms with Crippen molar-refractivity contribution in [2.45, 2.75) is 23.8 Å². The van der Waals surface area contributed by atoms with Crippen molar-refractivity contribution < 1.29 is 18.4 Å². The van der Waals surface area contributed by atoms with Crippen molar-refractivity contribution in [2.75, 3.05) is 13.2 Å². The Kier molecular flexibility index (Phi) is 4.28. The van der Waals surface area contributed by atoms with Gasteiger partial charge in [0.25, 0.3) is 5.69 Å². The molecule has 1 aromatic rings. The lowest BCUT2D eigenvalue weighted by molar-refractivity contribution is -0.384. The van der Waals surface area contributed by atoms with Gasteiger partial charge in [-0.15, -0.1) is 0 Å². The van der Waals surface area contributed by atoms with Gasteiger partial charge in [-0.25, -0.2) is 8.42 Å². The number of nitrogens with zero attached hydrogens (tertiary/aromatic N) is 2. The smallest absolute Gasteiger partial charge is 0.271 e. The standard InChI is InChI=1S/C11H13ClN2O5S/c12-10-6-8(14(16)17)3-4-11(10)20(18,19)13-5-1-2-9(13)7-15/h3-4,6,9,15H,1-2,5,7H2/t9-/m1/s1. The number of aliphatic hydroxyl groups excluding tert-OH is 1. The van der Waals surface area contributed by atoms with Crippen molar-refractivity contribution in [3.05, 3.63) is 33.3 Å². The minimum Gasteiger partial charge on any atom is -0.395 e. The second kappa shape index (κ2) is 5.65. The Balaban J connectivity index is 2.42. The van der Waals surface area contributed by atoms with E-state index in [0.717, 1.165) is 18.2 Å². The fourth-order valence-electron chi connectivity index (χ4n) is 2.25. The van der Waals surface area contributed by atoms with Crippen molar-refractivity contribution in [3.8, 4) is 0 Å². The van der Waals surface area contributed by atoms with Crippen LogP contribution in [0.1, 0.15) is 12.8 Å². The van der Waals surface area contributed by atoms with Crippen LogP contribution in [0.3, 0.4) is 0 Å². The summed E-state index contributed by atoms with van der Waals surface area (Å²) in [6.07, 6.45) is 1.25. The molecular weight excluding hydrogens is 308 g/mol. The zero-order valence-corrected chi connectivity index (χ0v) is 12.0. The molecular formula is C11H13ClN2O5S. The highest BCUT2D eigenvalue weighted by Crippen LogP contribution is 2.32. The molecule has 1 heterocycles. The predicted octanol–water partition coefficient (Wildman–Crippen LogP) is 1.39. The number of aliphatic hydroxyl groups is 1. The number of hydrogen-bond donors (Lipinski definition) is 1. The quantitative estimate of drug-likeness (QED) is 0.667. The Hall–Kier alpha value is -1.22. The van der Waals surface area contributed by atoms with E-state index in [1.54, 1.807) is 0 Å². The van der Waals surface area contributed by atoms with Crippen molar-refractivity contribution in [1.82, 2.24) is 4.31 Å². The molecule has 7 nitrogen and oxygen atoms in total. The number of sulfonamides is 1. The zero-order chi connectivity index (χ0) is 14.9. The molecule has 0 amide bonds. The third-order valence-corrected chi connectivity index (χ3v) is 5.68. The average Bonchev–Trinajstić information content (AvgIpc) is 2.87. The van der Waals surface area contributed by atoms with E-state index < -0.39 is 21.0 Å². The molecule has 1 aromatic carbocycles. The molecule has 1 fully saturated rings. The molecule has 0 aromatic heterocycles. The van der Waals surface area contributed by atoms with E-state index in [1.807, 2.05) is 0 Å². The third kappa shape index (κ3) is 2.64. The van der Waals surface area contributed by atoms with E-state index in [2.05, 4.69) is 0 Å². The molecule has 0 radical (unpaired) electrons. The molecule has 2 rings (SSSR count). The van der Waals surface area contributed by atoms with Gasteiger partial charge in [0.15, 0.2) is 0 Å². The van der Waals surface area contributed by atoms with E-state index in [1.165, 1.54) is 4.31 Å². The van der Waals surface area contributed by atoms with Gasteiger partial charge in [-0.05, 0) is 18.9 Å². The maximum Gasteiger partial charge on any atom is 0.271 e. The fourth-order valence-corrected chi connectivity index (χ4v) is 4.45. The molecule has 1 aliphatic rings. The van der Waals surface area contributed by atoms with Crippen LogP contribution < -0.4 is 0 Å². The van der Waals surface area contributed by atoms with Crippen LogP contribution in [0.15, 0.2) is 23.1 Å². The van der Waals surface area contributed by atoms with Gasteiger partial charge in [0.2, 0.25) is 10.0 Å². The minimum atomic E-state index is -3.85. The molecule has 0 spiro atoms. The van der Waals surface area contributed by atoms with E-state index >= 15 is 0 Å². The molecule has 0 bridgehead atoms. The monoisotopic (exact) mass is 320 g/mol. The highest BCUT2D eigenvalue weighted by atomic mass is 35.5. The maximum absolute atomic E-state index is 12.5. The summed E-state index contributed by atoms with van der Waals surface area (Å²) in [7, 11) is -3.85. The summed E-state index contributed by atoms with van der Waals surface area (Å²) in [5.41, 5.74) is -0.269. The highest BCUT2D eigenvalue weighted by Gasteiger charge is 2.36. The number of nitro groups is 1. The second-order valence-electron chi connectivity index (χ2n) is 4.47. The van der Waals surface area contributed by atoms with Gasteiger partial charge in [0.1, 0.15) is 4.90 Å². The number of halogens is 1. The largest absolute Gasteiger partial charge is 0.395 e. The number of non-ortho nitro benzene ring substituents is 1. The summed E-state index contributed by atoms with van der Waals surface area (Å²) < 4.78 is 26.1. The van der Waals surface area contributed by atoms with Gasteiger partial charge in [0, 0.05) is 24.7 Å². The molecule has 1 atom stereocenters. The van der Waals surface area contributed by atoms with E-state index in [4.69, 9.17) is 11.6 Å². The number of hydrogen-bond acceptors (Lipinski definition) is 5. The van der Waals surface area contributed by atoms with Crippen LogP contribution in [0.25, 0.3) is 0 Å². The van der Waals surface area contributed by atoms with Crippen molar-refractivity contribution in [3.63, 3.8) is 0 Å². The van der Waals surface area contributed by atoms with Gasteiger partial charge in [-0.1, -0.05) is 11.6 Å². The van der Waals surface area contributed by atoms with Crippen LogP contribution in [0, 0.1) is 10.1 Å². The van der Waals surface area contributed by atoms with Crippen LogP contribution >= 0.6 is 11.6 Å². The maximum atomic E-state index is 12.5. The number of nitro benzene ring substituents is 1. The summed E-state index contributed by atoms with van der Waals surface area (Å²) in [5.74, 6) is 0. The molecule has 9 heteroatoms. The molecule has 0 aliphatic carbocycles. The topological polar surface area (TPSA) is 101 Å². The SMILES string of the molecule is O=[N+]([O-])c1ccc(S(=O)(=O)N2CCC[C@@H]2CO)c(Cl)c1. The minimum absolute atomic E-state index is 0.176. The lowest BCUT2D eigenvalue weighted by Crippen LogP contribution is -2.37. The van der Waals surface area contributed by atoms with Gasteiger partial charge < -0.3 is 5.11 Å². The Bertz CT molecular complexity index is 634. The molecule has 0 saturated carbocycles. The molecule has 1 aliphatic heterocycles. The first kappa shape index (κ1) is 15.2. The summed E-state index contributed by atoms with van der Waals surface area (Å²) >= 11 is 5.85. The first-order valence-electron chi connectivity index (χ1n) is 5.94. The van der Waals surface area contributed by atoms with Crippen LogP contribution in [-0.2, 0) is 10.0 Å². The number of rotatable bonds is 4. The highest BCUT2D eigenvalue weighted by molar-refractivity contribution is 7.89. The van der Waals surface area contributed by atoms with Crippen molar-refractivity contribution >= 4 is 27.3 Å². The molecule has 110 valence electrons. The van der Waals surface area contributed by atoms with Crippen LogP contribution in [0.5, 0.6) is 0 Å². The van der Waals surface area contributed by atoms with E-state index in [-0.39, 0.29) is 22.2 Å². The summed E-state index contributed by atoms with van der Waals surface area (Å²) in [6, 6.07) is 2.77.